The van der Waals surface area contributed by atoms with Gasteiger partial charge in [-0.1, -0.05) is 32.9 Å². The predicted molar refractivity (Wildman–Crippen MR) is 56.8 cm³/mol. The average molecular weight is 192 g/mol. The Balaban J connectivity index is 3.29. The minimum absolute atomic E-state index is 0.0941. The van der Waals surface area contributed by atoms with Crippen molar-refractivity contribution in [2.75, 3.05) is 0 Å². The lowest BCUT2D eigenvalue weighted by Crippen LogP contribution is -2.16. The minimum Gasteiger partial charge on any atom is -0.507 e. The number of hydrogen-bond acceptors (Lipinski definition) is 2. The topological polar surface area (TPSA) is 37.3 Å². The molecule has 1 rings (SSSR count). The summed E-state index contributed by atoms with van der Waals surface area (Å²) in [6, 6.07) is 5.29. The van der Waals surface area contributed by atoms with Crippen molar-refractivity contribution in [1.82, 2.24) is 0 Å². The zero-order valence-corrected chi connectivity index (χ0v) is 8.87. The zero-order valence-electron chi connectivity index (χ0n) is 8.87. The zero-order chi connectivity index (χ0) is 10.8. The molecule has 1 N–H and O–H groups in total. The summed E-state index contributed by atoms with van der Waals surface area (Å²) in [5.41, 5.74) is 1.11. The van der Waals surface area contributed by atoms with Gasteiger partial charge in [-0.05, 0) is 17.9 Å². The highest BCUT2D eigenvalue weighted by Crippen LogP contribution is 2.34. The molecule has 0 amide bonds. The number of phenolic OH excluding ortho intramolecular Hbond substituents is 1. The highest BCUT2D eigenvalue weighted by molar-refractivity contribution is 5.80. The lowest BCUT2D eigenvalue weighted by molar-refractivity contribution is 0.112. The Labute approximate surface area is 84.6 Å². The molecule has 2 nitrogen and oxygen atoms in total. The molecule has 76 valence electrons. The largest absolute Gasteiger partial charge is 0.507 e. The summed E-state index contributed by atoms with van der Waals surface area (Å²) in [5.74, 6) is 0.120. The first kappa shape index (κ1) is 10.8. The first-order valence-corrected chi connectivity index (χ1v) is 4.80. The molecular formula is C12H16O2. The lowest BCUT2D eigenvalue weighted by Gasteiger charge is -2.24. The Morgan fingerprint density at radius 3 is 2.57 bits per heavy atom. The normalized spacial score (nSPS) is 11.4. The molecular weight excluding hydrogens is 176 g/mol. The summed E-state index contributed by atoms with van der Waals surface area (Å²) in [6.07, 6.45) is 1.60. The average Bonchev–Trinajstić information content (AvgIpc) is 2.18. The van der Waals surface area contributed by atoms with Crippen molar-refractivity contribution in [3.05, 3.63) is 29.3 Å². The molecule has 0 radical (unpaired) electrons. The third kappa shape index (κ3) is 1.79. The van der Waals surface area contributed by atoms with Gasteiger partial charge in [0, 0.05) is 5.56 Å². The molecule has 0 heterocycles. The third-order valence-electron chi connectivity index (χ3n) is 2.81. The fourth-order valence-corrected chi connectivity index (χ4v) is 1.39. The summed E-state index contributed by atoms with van der Waals surface area (Å²) >= 11 is 0. The second-order valence-corrected chi connectivity index (χ2v) is 4.10. The Morgan fingerprint density at radius 1 is 1.43 bits per heavy atom. The summed E-state index contributed by atoms with van der Waals surface area (Å²) in [7, 11) is 0. The van der Waals surface area contributed by atoms with E-state index in [1.54, 1.807) is 12.1 Å². The van der Waals surface area contributed by atoms with Crippen molar-refractivity contribution in [3.8, 4) is 5.75 Å². The third-order valence-corrected chi connectivity index (χ3v) is 2.81. The van der Waals surface area contributed by atoms with Crippen LogP contribution in [0.15, 0.2) is 18.2 Å². The number of para-hydroxylation sites is 1. The van der Waals surface area contributed by atoms with Crippen LogP contribution in [-0.4, -0.2) is 11.4 Å². The predicted octanol–water partition coefficient (Wildman–Crippen LogP) is 2.89. The monoisotopic (exact) mass is 192 g/mol. The first-order chi connectivity index (χ1) is 6.53. The van der Waals surface area contributed by atoms with Gasteiger partial charge in [0.15, 0.2) is 6.29 Å². The van der Waals surface area contributed by atoms with Crippen LogP contribution in [0.4, 0.5) is 0 Å². The van der Waals surface area contributed by atoms with Crippen molar-refractivity contribution >= 4 is 6.29 Å². The van der Waals surface area contributed by atoms with E-state index in [1.165, 1.54) is 0 Å². The number of aldehydes is 1. The lowest BCUT2D eigenvalue weighted by atomic mass is 9.81. The van der Waals surface area contributed by atoms with Crippen LogP contribution in [0.2, 0.25) is 0 Å². The minimum atomic E-state index is -0.0941. The first-order valence-electron chi connectivity index (χ1n) is 4.80. The Morgan fingerprint density at radius 2 is 2.07 bits per heavy atom. The Bertz CT molecular complexity index is 340. The van der Waals surface area contributed by atoms with E-state index < -0.39 is 0 Å². The molecule has 0 spiro atoms. The van der Waals surface area contributed by atoms with Crippen LogP contribution < -0.4 is 0 Å². The maximum Gasteiger partial charge on any atom is 0.153 e. The SMILES string of the molecule is CCC(C)(C)c1cccc(C=O)c1O. The van der Waals surface area contributed by atoms with E-state index in [0.717, 1.165) is 12.0 Å². The molecule has 0 fully saturated rings. The second-order valence-electron chi connectivity index (χ2n) is 4.10. The van der Waals surface area contributed by atoms with Gasteiger partial charge in [-0.2, -0.15) is 0 Å². The van der Waals surface area contributed by atoms with Crippen molar-refractivity contribution in [3.63, 3.8) is 0 Å². The molecule has 2 heteroatoms. The number of rotatable bonds is 3. The number of hydrogen-bond donors (Lipinski definition) is 1. The van der Waals surface area contributed by atoms with Crippen molar-refractivity contribution < 1.29 is 9.90 Å². The van der Waals surface area contributed by atoms with Crippen LogP contribution in [0.25, 0.3) is 0 Å². The van der Waals surface area contributed by atoms with Crippen LogP contribution in [0.1, 0.15) is 43.1 Å². The second kappa shape index (κ2) is 3.82. The van der Waals surface area contributed by atoms with Crippen molar-refractivity contribution in [1.29, 1.82) is 0 Å². The van der Waals surface area contributed by atoms with Gasteiger partial charge in [-0.25, -0.2) is 0 Å². The van der Waals surface area contributed by atoms with Gasteiger partial charge in [0.2, 0.25) is 0 Å². The quantitative estimate of drug-likeness (QED) is 0.748. The molecule has 1 aromatic carbocycles. The van der Waals surface area contributed by atoms with E-state index in [0.29, 0.717) is 11.8 Å². The molecule has 0 bridgehead atoms. The maximum atomic E-state index is 10.6. The number of phenols is 1. The molecule has 0 aliphatic rings. The van der Waals surface area contributed by atoms with E-state index >= 15 is 0 Å². The van der Waals surface area contributed by atoms with Crippen LogP contribution >= 0.6 is 0 Å². The van der Waals surface area contributed by atoms with Gasteiger partial charge in [0.05, 0.1) is 5.56 Å². The number of carbonyl (C=O) groups excluding carboxylic acids is 1. The van der Waals surface area contributed by atoms with E-state index in [9.17, 15) is 9.90 Å². The Kier molecular flexibility index (Phi) is 2.94. The van der Waals surface area contributed by atoms with Gasteiger partial charge in [0.25, 0.3) is 0 Å². The van der Waals surface area contributed by atoms with Crippen LogP contribution in [0, 0.1) is 0 Å². The summed E-state index contributed by atoms with van der Waals surface area (Å²) in [4.78, 5) is 10.6. The summed E-state index contributed by atoms with van der Waals surface area (Å²) in [5, 5.41) is 9.82. The van der Waals surface area contributed by atoms with Gasteiger partial charge >= 0.3 is 0 Å². The molecule has 0 aliphatic carbocycles. The van der Waals surface area contributed by atoms with Gasteiger partial charge in [-0.3, -0.25) is 4.79 Å². The molecule has 0 atom stereocenters. The van der Waals surface area contributed by atoms with Gasteiger partial charge in [-0.15, -0.1) is 0 Å². The highest BCUT2D eigenvalue weighted by Gasteiger charge is 2.22. The molecule has 14 heavy (non-hydrogen) atoms. The number of benzene rings is 1. The number of carbonyl (C=O) groups is 1. The Hall–Kier alpha value is -1.31. The molecule has 0 saturated carbocycles. The molecule has 0 unspecified atom stereocenters. The molecule has 0 aromatic heterocycles. The van der Waals surface area contributed by atoms with Gasteiger partial charge in [0.1, 0.15) is 5.75 Å². The molecule has 1 aromatic rings. The molecule has 0 aliphatic heterocycles. The summed E-state index contributed by atoms with van der Waals surface area (Å²) < 4.78 is 0. The fourth-order valence-electron chi connectivity index (χ4n) is 1.39. The molecule has 0 saturated heterocycles. The highest BCUT2D eigenvalue weighted by atomic mass is 16.3. The standard InChI is InChI=1S/C12H16O2/c1-4-12(2,3)10-7-5-6-9(8-13)11(10)14/h5-8,14H,4H2,1-3H3. The van der Waals surface area contributed by atoms with E-state index in [1.807, 2.05) is 6.07 Å². The fraction of sp³-hybridized carbons (Fsp3) is 0.417. The smallest absolute Gasteiger partial charge is 0.153 e. The van der Waals surface area contributed by atoms with Crippen molar-refractivity contribution in [2.24, 2.45) is 0 Å². The van der Waals surface area contributed by atoms with Crippen LogP contribution in [-0.2, 0) is 5.41 Å². The summed E-state index contributed by atoms with van der Waals surface area (Å²) in [6.45, 7) is 6.17. The maximum absolute atomic E-state index is 10.6. The van der Waals surface area contributed by atoms with Gasteiger partial charge < -0.3 is 5.11 Å². The van der Waals surface area contributed by atoms with E-state index in [-0.39, 0.29) is 11.2 Å². The van der Waals surface area contributed by atoms with Crippen LogP contribution in [0.3, 0.4) is 0 Å². The van der Waals surface area contributed by atoms with E-state index in [4.69, 9.17) is 0 Å². The van der Waals surface area contributed by atoms with Crippen LogP contribution in [0.5, 0.6) is 5.75 Å². The van der Waals surface area contributed by atoms with E-state index in [2.05, 4.69) is 20.8 Å². The van der Waals surface area contributed by atoms with Crippen molar-refractivity contribution in [2.45, 2.75) is 32.6 Å². The number of aromatic hydroxyl groups is 1.